The minimum Gasteiger partial charge on any atom is -0.537 e. The molecule has 0 aliphatic rings. The first kappa shape index (κ1) is 9.42. The van der Waals surface area contributed by atoms with Crippen LogP contribution in [0.15, 0.2) is 0 Å². The van der Waals surface area contributed by atoms with Gasteiger partial charge in [-0.3, -0.25) is 0 Å². The van der Waals surface area contributed by atoms with Gasteiger partial charge in [-0.2, -0.15) is 0 Å². The fraction of sp³-hybridized carbons (Fsp3) is 0.500. The molecule has 0 aliphatic heterocycles. The Kier molecular flexibility index (Phi) is 16.8. The Hall–Kier alpha value is 1.08. The fourth-order valence-corrected chi connectivity index (χ4v) is 0. The van der Waals surface area contributed by atoms with E-state index in [-0.39, 0.29) is 21.1 Å². The van der Waals surface area contributed by atoms with Crippen molar-refractivity contribution >= 4 is 8.81 Å². The minimum absolute atomic E-state index is 0. The van der Waals surface area contributed by atoms with Crippen molar-refractivity contribution in [1.82, 2.24) is 0 Å². The zero-order valence-electron chi connectivity index (χ0n) is 3.02. The van der Waals surface area contributed by atoms with Gasteiger partial charge in [-0.1, -0.05) is 0 Å². The van der Waals surface area contributed by atoms with Gasteiger partial charge in [0.2, 0.25) is 0 Å². The van der Waals surface area contributed by atoms with Gasteiger partial charge in [0, 0.05) is 21.1 Å². The van der Waals surface area contributed by atoms with Crippen molar-refractivity contribution in [2.45, 2.75) is 0 Å². The van der Waals surface area contributed by atoms with Crippen LogP contribution < -0.4 is 0 Å². The summed E-state index contributed by atoms with van der Waals surface area (Å²) < 4.78 is 4.32. The van der Waals surface area contributed by atoms with E-state index in [0.29, 0.717) is 8.81 Å². The molecule has 0 aromatic heterocycles. The van der Waals surface area contributed by atoms with Crippen molar-refractivity contribution < 1.29 is 25.6 Å². The van der Waals surface area contributed by atoms with Gasteiger partial charge in [-0.25, -0.2) is 7.11 Å². The molecular formula is C2H6OPW-. The Labute approximate surface area is 48.6 Å². The summed E-state index contributed by atoms with van der Waals surface area (Å²) in [5, 5.41) is 0. The molecule has 3 heteroatoms. The van der Waals surface area contributed by atoms with Crippen LogP contribution in [0.3, 0.4) is 0 Å². The predicted octanol–water partition coefficient (Wildman–Crippen LogP) is 1.02. The summed E-state index contributed by atoms with van der Waals surface area (Å²) in [6.45, 7) is 1.92. The zero-order chi connectivity index (χ0) is 3.41. The fourth-order valence-electron chi connectivity index (χ4n) is 0. The Morgan fingerprint density at radius 2 is 2.00 bits per heavy atom. The van der Waals surface area contributed by atoms with Crippen LogP contribution >= 0.6 is 8.81 Å². The van der Waals surface area contributed by atoms with Crippen LogP contribution in [0.5, 0.6) is 0 Å². The molecule has 0 saturated heterocycles. The van der Waals surface area contributed by atoms with Gasteiger partial charge in [0.15, 0.2) is 0 Å². The molecule has 32 valence electrons. The second kappa shape index (κ2) is 8.91. The van der Waals surface area contributed by atoms with E-state index in [4.69, 9.17) is 0 Å². The average Bonchev–Trinajstić information content (AvgIpc) is 1.37. The third-order valence-electron chi connectivity index (χ3n) is 0.144. The van der Waals surface area contributed by atoms with Crippen LogP contribution in [0.4, 0.5) is 0 Å². The minimum atomic E-state index is 0. The van der Waals surface area contributed by atoms with Crippen LogP contribution in [0.2, 0.25) is 0 Å². The van der Waals surface area contributed by atoms with Crippen molar-refractivity contribution in [2.24, 2.45) is 0 Å². The second-order valence-corrected chi connectivity index (χ2v) is 1.05. The molecule has 0 aromatic carbocycles. The van der Waals surface area contributed by atoms with E-state index in [2.05, 4.69) is 11.6 Å². The van der Waals surface area contributed by atoms with Gasteiger partial charge in [-0.05, 0) is 15.5 Å². The number of hydrogen-bond acceptors (Lipinski definition) is 1. The molecule has 0 bridgehead atoms. The van der Waals surface area contributed by atoms with E-state index in [1.54, 1.807) is 0 Å². The molecule has 1 unspecified atom stereocenters. The van der Waals surface area contributed by atoms with Crippen molar-refractivity contribution in [1.29, 1.82) is 0 Å². The molecule has 0 heterocycles. The van der Waals surface area contributed by atoms with Gasteiger partial charge >= 0.3 is 0 Å². The predicted molar refractivity (Wildman–Crippen MR) is 20.7 cm³/mol. The molecule has 1 atom stereocenters. The normalized spacial score (nSPS) is 8.40. The van der Waals surface area contributed by atoms with Gasteiger partial charge in [0.25, 0.3) is 0 Å². The Morgan fingerprint density at radius 3 is 2.00 bits per heavy atom. The van der Waals surface area contributed by atoms with Crippen LogP contribution in [0, 0.1) is 7.11 Å². The topological polar surface area (TPSA) is 9.23 Å². The van der Waals surface area contributed by atoms with Crippen molar-refractivity contribution in [3.8, 4) is 0 Å². The van der Waals surface area contributed by atoms with Gasteiger partial charge < -0.3 is 4.52 Å². The molecule has 0 rings (SSSR count). The standard InChI is InChI=1S/C2H6OP.W/c1-3-4-2;/h4H,1H2,2H3;/q-1;. The van der Waals surface area contributed by atoms with Crippen LogP contribution in [0.25, 0.3) is 0 Å². The molecule has 0 fully saturated rings. The molecule has 1 nitrogen and oxygen atoms in total. The van der Waals surface area contributed by atoms with E-state index < -0.39 is 0 Å². The van der Waals surface area contributed by atoms with Crippen molar-refractivity contribution in [2.75, 3.05) is 6.66 Å². The largest absolute Gasteiger partial charge is 0.537 e. The SMILES string of the molecule is [CH2-]OPC.[W]. The van der Waals surface area contributed by atoms with Gasteiger partial charge in [0.1, 0.15) is 0 Å². The quantitative estimate of drug-likeness (QED) is 0.505. The molecular weight excluding hydrogens is 255 g/mol. The average molecular weight is 261 g/mol. The smallest absolute Gasteiger partial charge is 0 e. The van der Waals surface area contributed by atoms with Crippen LogP contribution in [-0.2, 0) is 25.6 Å². The third kappa shape index (κ3) is 11.1. The summed E-state index contributed by atoms with van der Waals surface area (Å²) in [4.78, 5) is 0. The summed E-state index contributed by atoms with van der Waals surface area (Å²) in [6, 6.07) is 0. The summed E-state index contributed by atoms with van der Waals surface area (Å²) >= 11 is 0. The van der Waals surface area contributed by atoms with E-state index >= 15 is 0 Å². The Bertz CT molecular complexity index is 11.6. The number of rotatable bonds is 1. The summed E-state index contributed by atoms with van der Waals surface area (Å²) in [7, 11) is 3.65. The van der Waals surface area contributed by atoms with Crippen LogP contribution in [-0.4, -0.2) is 6.66 Å². The first-order chi connectivity index (χ1) is 1.91. The van der Waals surface area contributed by atoms with Crippen LogP contribution in [0.1, 0.15) is 0 Å². The maximum atomic E-state index is 4.32. The van der Waals surface area contributed by atoms with E-state index in [1.165, 1.54) is 0 Å². The summed E-state index contributed by atoms with van der Waals surface area (Å²) in [5.74, 6) is 0. The molecule has 5 heavy (non-hydrogen) atoms. The maximum Gasteiger partial charge on any atom is 0 e. The Balaban J connectivity index is 0. The molecule has 0 N–H and O–H groups in total. The first-order valence-electron chi connectivity index (χ1n) is 0.993. The van der Waals surface area contributed by atoms with E-state index in [9.17, 15) is 0 Å². The molecule has 0 radical (unpaired) electrons. The second-order valence-electron chi connectivity index (χ2n) is 0.348. The zero-order valence-corrected chi connectivity index (χ0v) is 6.96. The summed E-state index contributed by atoms with van der Waals surface area (Å²) in [6.07, 6.45) is 0. The van der Waals surface area contributed by atoms with E-state index in [1.807, 2.05) is 6.66 Å². The van der Waals surface area contributed by atoms with E-state index in [0.717, 1.165) is 0 Å². The monoisotopic (exact) mass is 261 g/mol. The first-order valence-corrected chi connectivity index (χ1v) is 2.40. The van der Waals surface area contributed by atoms with Crippen molar-refractivity contribution in [3.05, 3.63) is 7.11 Å². The molecule has 0 aliphatic carbocycles. The maximum absolute atomic E-state index is 4.32. The van der Waals surface area contributed by atoms with Gasteiger partial charge in [0.05, 0.1) is 0 Å². The molecule has 0 amide bonds. The van der Waals surface area contributed by atoms with Gasteiger partial charge in [-0.15, -0.1) is 0 Å². The molecule has 0 aromatic rings. The third-order valence-corrected chi connectivity index (χ3v) is 0.433. The Morgan fingerprint density at radius 1 is 1.80 bits per heavy atom. The summed E-state index contributed by atoms with van der Waals surface area (Å²) in [5.41, 5.74) is 0. The van der Waals surface area contributed by atoms with Crippen molar-refractivity contribution in [3.63, 3.8) is 0 Å². The molecule has 0 spiro atoms. The number of hydrogen-bond donors (Lipinski definition) is 0. The molecule has 0 saturated carbocycles.